The van der Waals surface area contributed by atoms with Gasteiger partial charge in [0, 0.05) is 6.54 Å². The number of fused-ring (bicyclic) bond motifs is 1. The Kier molecular flexibility index (Phi) is 3.25. The molecule has 0 saturated heterocycles. The molecule has 0 spiro atoms. The number of nitrogens with zero attached hydrogens (tertiary/aromatic N) is 2. The van der Waals surface area contributed by atoms with Gasteiger partial charge in [0.05, 0.1) is 16.4 Å². The van der Waals surface area contributed by atoms with Crippen molar-refractivity contribution in [1.29, 1.82) is 0 Å². The molecule has 1 heterocycles. The van der Waals surface area contributed by atoms with Crippen molar-refractivity contribution >= 4 is 22.6 Å². The first-order chi connectivity index (χ1) is 10.1. The number of benzene rings is 1. The maximum atomic E-state index is 6.41. The molecular weight excluding hydrogens is 280 g/mol. The van der Waals surface area contributed by atoms with Crippen LogP contribution in [0.1, 0.15) is 49.4 Å². The molecule has 1 unspecified atom stereocenters. The van der Waals surface area contributed by atoms with E-state index in [9.17, 15) is 0 Å². The van der Waals surface area contributed by atoms with Crippen molar-refractivity contribution in [3.63, 3.8) is 0 Å². The van der Waals surface area contributed by atoms with Crippen LogP contribution < -0.4 is 0 Å². The van der Waals surface area contributed by atoms with E-state index in [1.165, 1.54) is 36.8 Å². The van der Waals surface area contributed by atoms with Gasteiger partial charge in [-0.25, -0.2) is 4.98 Å². The zero-order valence-corrected chi connectivity index (χ0v) is 13.6. The normalized spacial score (nSPS) is 20.4. The van der Waals surface area contributed by atoms with Crippen molar-refractivity contribution in [2.75, 3.05) is 0 Å². The Morgan fingerprint density at radius 2 is 1.90 bits per heavy atom. The summed E-state index contributed by atoms with van der Waals surface area (Å²) in [6.45, 7) is 5.30. The summed E-state index contributed by atoms with van der Waals surface area (Å²) in [5, 5.41) is -0.0308. The molecule has 0 aliphatic heterocycles. The maximum Gasteiger partial charge on any atom is 0.127 e. The molecule has 0 radical (unpaired) electrons. The molecule has 2 fully saturated rings. The van der Waals surface area contributed by atoms with Gasteiger partial charge in [-0.3, -0.25) is 0 Å². The van der Waals surface area contributed by atoms with Gasteiger partial charge in [-0.15, -0.1) is 11.6 Å². The topological polar surface area (TPSA) is 17.8 Å². The summed E-state index contributed by atoms with van der Waals surface area (Å²) in [6.07, 6.45) is 5.72. The lowest BCUT2D eigenvalue weighted by Gasteiger charge is -2.19. The largest absolute Gasteiger partial charge is 0.326 e. The van der Waals surface area contributed by atoms with Crippen molar-refractivity contribution in [3.05, 3.63) is 29.6 Å². The molecule has 112 valence electrons. The van der Waals surface area contributed by atoms with Crippen LogP contribution in [0, 0.1) is 24.7 Å². The van der Waals surface area contributed by atoms with E-state index in [4.69, 9.17) is 16.6 Å². The zero-order valence-electron chi connectivity index (χ0n) is 12.8. The Labute approximate surface area is 131 Å². The van der Waals surface area contributed by atoms with E-state index >= 15 is 0 Å². The summed E-state index contributed by atoms with van der Waals surface area (Å²) in [4.78, 5) is 4.80. The van der Waals surface area contributed by atoms with Crippen LogP contribution in [-0.2, 0) is 6.54 Å². The van der Waals surface area contributed by atoms with Gasteiger partial charge in [-0.2, -0.15) is 0 Å². The van der Waals surface area contributed by atoms with Gasteiger partial charge in [0.1, 0.15) is 5.82 Å². The minimum absolute atomic E-state index is 0.0308. The smallest absolute Gasteiger partial charge is 0.127 e. The number of rotatable bonds is 5. The molecule has 1 aromatic carbocycles. The van der Waals surface area contributed by atoms with Gasteiger partial charge in [0.25, 0.3) is 0 Å². The highest BCUT2D eigenvalue weighted by Gasteiger charge is 2.41. The van der Waals surface area contributed by atoms with E-state index in [1.807, 2.05) is 6.92 Å². The van der Waals surface area contributed by atoms with Gasteiger partial charge in [0.2, 0.25) is 0 Å². The molecule has 1 atom stereocenters. The lowest BCUT2D eigenvalue weighted by Crippen LogP contribution is -2.17. The number of halogens is 1. The Morgan fingerprint density at radius 3 is 2.48 bits per heavy atom. The van der Waals surface area contributed by atoms with Gasteiger partial charge in [0.15, 0.2) is 0 Å². The van der Waals surface area contributed by atoms with Crippen molar-refractivity contribution in [3.8, 4) is 0 Å². The number of alkyl halides is 1. The van der Waals surface area contributed by atoms with E-state index in [2.05, 4.69) is 29.7 Å². The molecule has 2 aliphatic carbocycles. The van der Waals surface area contributed by atoms with E-state index < -0.39 is 0 Å². The third-order valence-electron chi connectivity index (χ3n) is 5.14. The third-order valence-corrected chi connectivity index (χ3v) is 5.33. The summed E-state index contributed by atoms with van der Waals surface area (Å²) in [6, 6.07) is 6.54. The van der Waals surface area contributed by atoms with E-state index in [-0.39, 0.29) is 5.38 Å². The van der Waals surface area contributed by atoms with E-state index in [1.54, 1.807) is 0 Å². The number of aryl methyl sites for hydroxylation is 1. The number of hydrogen-bond acceptors (Lipinski definition) is 1. The maximum absolute atomic E-state index is 6.41. The second kappa shape index (κ2) is 5.01. The first-order valence-electron chi connectivity index (χ1n) is 8.24. The molecule has 0 bridgehead atoms. The molecule has 4 rings (SSSR count). The first-order valence-corrected chi connectivity index (χ1v) is 8.68. The fourth-order valence-corrected chi connectivity index (χ4v) is 3.86. The van der Waals surface area contributed by atoms with Crippen LogP contribution in [0.4, 0.5) is 0 Å². The predicted molar refractivity (Wildman–Crippen MR) is 87.7 cm³/mol. The molecule has 0 N–H and O–H groups in total. The Morgan fingerprint density at radius 1 is 1.24 bits per heavy atom. The molecule has 2 aliphatic rings. The Bertz CT molecular complexity index is 653. The Balaban J connectivity index is 1.77. The number of aromatic nitrogens is 2. The molecule has 0 amide bonds. The lowest BCUT2D eigenvalue weighted by molar-refractivity contribution is 0.348. The summed E-state index contributed by atoms with van der Waals surface area (Å²) < 4.78 is 2.42. The van der Waals surface area contributed by atoms with Gasteiger partial charge in [-0.05, 0) is 75.0 Å². The van der Waals surface area contributed by atoms with Crippen molar-refractivity contribution in [2.45, 2.75) is 51.5 Å². The first kappa shape index (κ1) is 13.6. The quantitative estimate of drug-likeness (QED) is 0.704. The second-order valence-corrected chi connectivity index (χ2v) is 7.68. The standard InChI is InChI=1S/C18H23ClN2/c1-11-3-8-16-17(9-11)21(18(20-16)12(2)19)10-15(13-4-5-13)14-6-7-14/h3,8-9,12-15H,4-7,10H2,1-2H3. The average Bonchev–Trinajstić information content (AvgIpc) is 3.33. The van der Waals surface area contributed by atoms with Crippen LogP contribution in [0.15, 0.2) is 18.2 Å². The predicted octanol–water partition coefficient (Wildman–Crippen LogP) is 5.08. The van der Waals surface area contributed by atoms with E-state index in [0.717, 1.165) is 35.6 Å². The monoisotopic (exact) mass is 302 g/mol. The van der Waals surface area contributed by atoms with Crippen LogP contribution in [-0.4, -0.2) is 9.55 Å². The van der Waals surface area contributed by atoms with Crippen LogP contribution >= 0.6 is 11.6 Å². The minimum atomic E-state index is -0.0308. The molecule has 1 aromatic heterocycles. The molecule has 2 nitrogen and oxygen atoms in total. The van der Waals surface area contributed by atoms with Crippen LogP contribution in [0.3, 0.4) is 0 Å². The number of hydrogen-bond donors (Lipinski definition) is 0. The van der Waals surface area contributed by atoms with E-state index in [0.29, 0.717) is 0 Å². The summed E-state index contributed by atoms with van der Waals surface area (Å²) >= 11 is 6.41. The van der Waals surface area contributed by atoms with Crippen molar-refractivity contribution < 1.29 is 0 Å². The fraction of sp³-hybridized carbons (Fsp3) is 0.611. The van der Waals surface area contributed by atoms with Crippen LogP contribution in [0.5, 0.6) is 0 Å². The zero-order chi connectivity index (χ0) is 14.6. The van der Waals surface area contributed by atoms with Crippen molar-refractivity contribution in [2.24, 2.45) is 17.8 Å². The van der Waals surface area contributed by atoms with Crippen LogP contribution in [0.25, 0.3) is 11.0 Å². The summed E-state index contributed by atoms with van der Waals surface area (Å²) in [7, 11) is 0. The Hall–Kier alpha value is -1.02. The highest BCUT2D eigenvalue weighted by atomic mass is 35.5. The molecule has 21 heavy (non-hydrogen) atoms. The number of imidazole rings is 1. The fourth-order valence-electron chi connectivity index (χ4n) is 3.69. The highest BCUT2D eigenvalue weighted by Crippen LogP contribution is 2.50. The lowest BCUT2D eigenvalue weighted by atomic mass is 9.97. The van der Waals surface area contributed by atoms with Gasteiger partial charge >= 0.3 is 0 Å². The second-order valence-electron chi connectivity index (χ2n) is 7.03. The van der Waals surface area contributed by atoms with Gasteiger partial charge < -0.3 is 4.57 Å². The minimum Gasteiger partial charge on any atom is -0.326 e. The summed E-state index contributed by atoms with van der Waals surface area (Å²) in [5.41, 5.74) is 3.66. The highest BCUT2D eigenvalue weighted by molar-refractivity contribution is 6.20. The molecule has 2 aromatic rings. The molecular formula is C18H23ClN2. The summed E-state index contributed by atoms with van der Waals surface area (Å²) in [5.74, 6) is 3.80. The van der Waals surface area contributed by atoms with Crippen molar-refractivity contribution in [1.82, 2.24) is 9.55 Å². The molecule has 3 heteroatoms. The van der Waals surface area contributed by atoms with Gasteiger partial charge in [-0.1, -0.05) is 6.07 Å². The SMILES string of the molecule is Cc1ccc2nc(C(C)Cl)n(CC(C3CC3)C3CC3)c2c1. The third kappa shape index (κ3) is 2.59. The average molecular weight is 303 g/mol. The molecule has 2 saturated carbocycles. The van der Waals surface area contributed by atoms with Crippen LogP contribution in [0.2, 0.25) is 0 Å².